The fourth-order valence-corrected chi connectivity index (χ4v) is 2.72. The van der Waals surface area contributed by atoms with Gasteiger partial charge in [-0.2, -0.15) is 0 Å². The van der Waals surface area contributed by atoms with E-state index in [0.717, 1.165) is 30.8 Å². The molecule has 0 atom stereocenters. The lowest BCUT2D eigenvalue weighted by Crippen LogP contribution is -2.02. The lowest BCUT2D eigenvalue weighted by molar-refractivity contribution is 0.628. The molecular formula is C14H15Cl3FN3. The van der Waals surface area contributed by atoms with Crippen molar-refractivity contribution in [3.63, 3.8) is 0 Å². The van der Waals surface area contributed by atoms with Gasteiger partial charge in [0.15, 0.2) is 5.15 Å². The minimum absolute atomic E-state index is 0.224. The number of aryl methyl sites for hydroxylation is 1. The molecule has 0 unspecified atom stereocenters. The van der Waals surface area contributed by atoms with Crippen molar-refractivity contribution in [1.82, 2.24) is 9.97 Å². The first-order valence-corrected chi connectivity index (χ1v) is 7.76. The van der Waals surface area contributed by atoms with Crippen LogP contribution < -0.4 is 5.32 Å². The van der Waals surface area contributed by atoms with Gasteiger partial charge in [-0.15, -0.1) is 0 Å². The van der Waals surface area contributed by atoms with Gasteiger partial charge in [-0.05, 0) is 18.6 Å². The Bertz CT molecular complexity index is 605. The number of nitrogens with zero attached hydrogens (tertiary/aromatic N) is 1. The molecule has 0 aliphatic heterocycles. The average molecular weight is 351 g/mol. The van der Waals surface area contributed by atoms with Crippen molar-refractivity contribution in [2.75, 3.05) is 5.32 Å². The molecule has 0 radical (unpaired) electrons. The molecule has 2 N–H and O–H groups in total. The summed E-state index contributed by atoms with van der Waals surface area (Å²) in [6.45, 7) is 2.49. The van der Waals surface area contributed by atoms with E-state index in [2.05, 4.69) is 22.2 Å². The highest BCUT2D eigenvalue weighted by atomic mass is 35.5. The first-order valence-electron chi connectivity index (χ1n) is 6.63. The fraction of sp³-hybridized carbons (Fsp3) is 0.357. The van der Waals surface area contributed by atoms with Crippen LogP contribution in [0.2, 0.25) is 15.2 Å². The normalized spacial score (nSPS) is 10.9. The van der Waals surface area contributed by atoms with Crippen LogP contribution in [0.15, 0.2) is 12.1 Å². The molecule has 0 saturated carbocycles. The van der Waals surface area contributed by atoms with E-state index in [1.165, 1.54) is 12.1 Å². The predicted octanol–water partition coefficient (Wildman–Crippen LogP) is 5.46. The Hall–Kier alpha value is -0.970. The molecular weight excluding hydrogens is 336 g/mol. The number of hydrogen-bond donors (Lipinski definition) is 2. The van der Waals surface area contributed by atoms with Crippen LogP contribution in [-0.2, 0) is 13.0 Å². The molecule has 7 heteroatoms. The first kappa shape index (κ1) is 16.4. The molecule has 0 saturated heterocycles. The molecule has 1 aromatic heterocycles. The maximum atomic E-state index is 13.1. The largest absolute Gasteiger partial charge is 0.377 e. The Morgan fingerprint density at radius 2 is 1.90 bits per heavy atom. The lowest BCUT2D eigenvalue weighted by atomic mass is 10.2. The van der Waals surface area contributed by atoms with E-state index in [9.17, 15) is 4.39 Å². The maximum absolute atomic E-state index is 13.1. The Labute approximate surface area is 137 Å². The van der Waals surface area contributed by atoms with Gasteiger partial charge in [0.1, 0.15) is 11.6 Å². The zero-order valence-corrected chi connectivity index (χ0v) is 13.7. The van der Waals surface area contributed by atoms with Gasteiger partial charge >= 0.3 is 0 Å². The molecule has 0 bridgehead atoms. The summed E-state index contributed by atoms with van der Waals surface area (Å²) < 4.78 is 13.1. The van der Waals surface area contributed by atoms with Gasteiger partial charge in [0.25, 0.3) is 0 Å². The number of rotatable bonds is 6. The number of imidazole rings is 1. The summed E-state index contributed by atoms with van der Waals surface area (Å²) >= 11 is 18.0. The molecule has 0 spiro atoms. The van der Waals surface area contributed by atoms with E-state index in [4.69, 9.17) is 34.8 Å². The third-order valence-electron chi connectivity index (χ3n) is 2.99. The number of halogens is 4. The minimum Gasteiger partial charge on any atom is -0.377 e. The monoisotopic (exact) mass is 349 g/mol. The molecule has 0 aliphatic rings. The van der Waals surface area contributed by atoms with E-state index >= 15 is 0 Å². The van der Waals surface area contributed by atoms with Gasteiger partial charge in [-0.3, -0.25) is 0 Å². The van der Waals surface area contributed by atoms with Crippen molar-refractivity contribution >= 4 is 40.5 Å². The molecule has 114 valence electrons. The van der Waals surface area contributed by atoms with Crippen LogP contribution in [0.5, 0.6) is 0 Å². The highest BCUT2D eigenvalue weighted by molar-refractivity contribution is 6.39. The van der Waals surface area contributed by atoms with Crippen LogP contribution in [0.4, 0.5) is 10.1 Å². The van der Waals surface area contributed by atoms with Gasteiger partial charge in [0, 0.05) is 6.42 Å². The average Bonchev–Trinajstić information content (AvgIpc) is 2.76. The number of aromatic amines is 1. The number of H-pyrrole nitrogens is 1. The third-order valence-corrected chi connectivity index (χ3v) is 3.90. The molecule has 0 amide bonds. The number of anilines is 1. The van der Waals surface area contributed by atoms with Crippen LogP contribution in [0.25, 0.3) is 0 Å². The van der Waals surface area contributed by atoms with Crippen molar-refractivity contribution in [2.45, 2.75) is 32.7 Å². The Morgan fingerprint density at radius 1 is 1.24 bits per heavy atom. The second-order valence-electron chi connectivity index (χ2n) is 4.65. The summed E-state index contributed by atoms with van der Waals surface area (Å²) in [5.41, 5.74) is 1.22. The standard InChI is InChI=1S/C14H15Cl3FN3/c1-2-3-4-12-20-11(14(17)21-12)7-19-13-9(15)5-8(18)6-10(13)16/h5-6,19H,2-4,7H2,1H3,(H,20,21). The van der Waals surface area contributed by atoms with Crippen LogP contribution in [-0.4, -0.2) is 9.97 Å². The van der Waals surface area contributed by atoms with E-state index < -0.39 is 5.82 Å². The summed E-state index contributed by atoms with van der Waals surface area (Å²) in [5.74, 6) is 0.381. The number of aromatic nitrogens is 2. The second-order valence-corrected chi connectivity index (χ2v) is 5.83. The zero-order chi connectivity index (χ0) is 15.4. The molecule has 3 nitrogen and oxygen atoms in total. The van der Waals surface area contributed by atoms with Crippen LogP contribution in [0.3, 0.4) is 0 Å². The topological polar surface area (TPSA) is 40.7 Å². The summed E-state index contributed by atoms with van der Waals surface area (Å²) in [6.07, 6.45) is 2.99. The summed E-state index contributed by atoms with van der Waals surface area (Å²) in [6, 6.07) is 2.41. The predicted molar refractivity (Wildman–Crippen MR) is 86.0 cm³/mol. The Morgan fingerprint density at radius 3 is 2.52 bits per heavy atom. The summed E-state index contributed by atoms with van der Waals surface area (Å²) in [4.78, 5) is 7.43. The third kappa shape index (κ3) is 4.25. The van der Waals surface area contributed by atoms with Crippen LogP contribution in [0.1, 0.15) is 31.3 Å². The SMILES string of the molecule is CCCCc1nc(Cl)c(CNc2c(Cl)cc(F)cc2Cl)[nH]1. The van der Waals surface area contributed by atoms with Crippen molar-refractivity contribution in [3.8, 4) is 0 Å². The van der Waals surface area contributed by atoms with E-state index in [-0.39, 0.29) is 10.0 Å². The molecule has 1 heterocycles. The van der Waals surface area contributed by atoms with Gasteiger partial charge < -0.3 is 10.3 Å². The van der Waals surface area contributed by atoms with Crippen LogP contribution in [0, 0.1) is 5.82 Å². The molecule has 21 heavy (non-hydrogen) atoms. The molecule has 0 aliphatic carbocycles. The second kappa shape index (κ2) is 7.34. The number of nitrogens with one attached hydrogen (secondary N) is 2. The fourth-order valence-electron chi connectivity index (χ4n) is 1.91. The van der Waals surface area contributed by atoms with Gasteiger partial charge in [-0.25, -0.2) is 9.37 Å². The summed E-state index contributed by atoms with van der Waals surface area (Å²) in [7, 11) is 0. The van der Waals surface area contributed by atoms with E-state index in [1.807, 2.05) is 0 Å². The number of hydrogen-bond acceptors (Lipinski definition) is 2. The quantitative estimate of drug-likeness (QED) is 0.726. The molecule has 2 aromatic rings. The Kier molecular flexibility index (Phi) is 5.73. The highest BCUT2D eigenvalue weighted by Gasteiger charge is 2.11. The number of benzene rings is 1. The highest BCUT2D eigenvalue weighted by Crippen LogP contribution is 2.32. The van der Waals surface area contributed by atoms with Crippen molar-refractivity contribution in [1.29, 1.82) is 0 Å². The molecule has 2 rings (SSSR count). The van der Waals surface area contributed by atoms with Crippen molar-refractivity contribution in [2.24, 2.45) is 0 Å². The minimum atomic E-state index is -0.475. The van der Waals surface area contributed by atoms with E-state index in [0.29, 0.717) is 17.4 Å². The van der Waals surface area contributed by atoms with Gasteiger partial charge in [0.2, 0.25) is 0 Å². The molecule has 1 aromatic carbocycles. The van der Waals surface area contributed by atoms with E-state index in [1.54, 1.807) is 0 Å². The Balaban J connectivity index is 2.08. The maximum Gasteiger partial charge on any atom is 0.152 e. The van der Waals surface area contributed by atoms with Gasteiger partial charge in [0.05, 0.1) is 28.0 Å². The zero-order valence-electron chi connectivity index (χ0n) is 11.4. The van der Waals surface area contributed by atoms with Crippen molar-refractivity contribution in [3.05, 3.63) is 44.7 Å². The molecule has 0 fully saturated rings. The van der Waals surface area contributed by atoms with Gasteiger partial charge in [-0.1, -0.05) is 48.1 Å². The summed E-state index contributed by atoms with van der Waals surface area (Å²) in [5, 5.41) is 3.92. The smallest absolute Gasteiger partial charge is 0.152 e. The number of unbranched alkanes of at least 4 members (excludes halogenated alkanes) is 1. The lowest BCUT2D eigenvalue weighted by Gasteiger charge is -2.09. The van der Waals surface area contributed by atoms with Crippen LogP contribution >= 0.6 is 34.8 Å². The van der Waals surface area contributed by atoms with Crippen molar-refractivity contribution < 1.29 is 4.39 Å². The first-order chi connectivity index (χ1) is 10.0.